The Morgan fingerprint density at radius 2 is 2.20 bits per heavy atom. The monoisotopic (exact) mass is 364 g/mol. The molecule has 0 bridgehead atoms. The highest BCUT2D eigenvalue weighted by Gasteiger charge is 2.25. The second-order valence-corrected chi connectivity index (χ2v) is 6.65. The van der Waals surface area contributed by atoms with Crippen LogP contribution in [0.3, 0.4) is 0 Å². The number of nitrogens with one attached hydrogen (secondary N) is 2. The molecule has 0 aliphatic carbocycles. The van der Waals surface area contributed by atoms with Crippen molar-refractivity contribution in [1.29, 1.82) is 0 Å². The van der Waals surface area contributed by atoms with Crippen LogP contribution in [0.25, 0.3) is 0 Å². The first kappa shape index (κ1) is 18.9. The molecule has 2 rings (SSSR count). The van der Waals surface area contributed by atoms with Crippen LogP contribution in [-0.2, 0) is 11.3 Å². The Balaban J connectivity index is 2.10. The molecule has 1 amide bonds. The fraction of sp³-hybridized carbons (Fsp3) is 0.353. The predicted octanol–water partition coefficient (Wildman–Crippen LogP) is 2.10. The van der Waals surface area contributed by atoms with Crippen molar-refractivity contribution in [3.63, 3.8) is 0 Å². The summed E-state index contributed by atoms with van der Waals surface area (Å²) in [6, 6.07) is 7.93. The summed E-state index contributed by atoms with van der Waals surface area (Å²) in [6.07, 6.45) is 0. The molecule has 134 valence electrons. The lowest BCUT2D eigenvalue weighted by molar-refractivity contribution is -0.925. The third-order valence-corrected chi connectivity index (χ3v) is 4.97. The number of non-ortho nitro benzene ring substituents is 1. The molecule has 0 aliphatic rings. The maximum Gasteiger partial charge on any atom is 0.282 e. The maximum absolute atomic E-state index is 12.6. The van der Waals surface area contributed by atoms with Crippen LogP contribution < -0.4 is 15.0 Å². The van der Waals surface area contributed by atoms with Crippen molar-refractivity contribution in [2.45, 2.75) is 26.4 Å². The molecule has 1 heterocycles. The van der Waals surface area contributed by atoms with Crippen molar-refractivity contribution in [1.82, 2.24) is 0 Å². The van der Waals surface area contributed by atoms with E-state index in [0.29, 0.717) is 5.69 Å². The number of amides is 1. The molecule has 0 saturated carbocycles. The average Bonchev–Trinajstić information content (AvgIpc) is 3.12. The molecule has 0 saturated heterocycles. The van der Waals surface area contributed by atoms with Crippen molar-refractivity contribution in [2.75, 3.05) is 19.0 Å². The molecule has 1 aromatic carbocycles. The summed E-state index contributed by atoms with van der Waals surface area (Å²) in [5.74, 6) is 0.117. The minimum absolute atomic E-state index is 0.0820. The number of nitrogens with zero attached hydrogens (tertiary/aromatic N) is 1. The van der Waals surface area contributed by atoms with Gasteiger partial charge in [-0.3, -0.25) is 14.9 Å². The fourth-order valence-corrected chi connectivity index (χ4v) is 3.30. The summed E-state index contributed by atoms with van der Waals surface area (Å²) >= 11 is 1.67. The molecule has 8 heteroatoms. The molecular weight excluding hydrogens is 342 g/mol. The van der Waals surface area contributed by atoms with Crippen molar-refractivity contribution in [2.24, 2.45) is 0 Å². The number of carbonyl (C=O) groups excluding carboxylic acids is 1. The number of thiophene rings is 1. The zero-order valence-corrected chi connectivity index (χ0v) is 15.3. The Labute approximate surface area is 150 Å². The minimum Gasteiger partial charge on any atom is -0.494 e. The molecule has 1 unspecified atom stereocenters. The van der Waals surface area contributed by atoms with E-state index < -0.39 is 4.92 Å². The second-order valence-electron chi connectivity index (χ2n) is 5.62. The highest BCUT2D eigenvalue weighted by Crippen LogP contribution is 2.28. The summed E-state index contributed by atoms with van der Waals surface area (Å²) in [6.45, 7) is 5.50. The van der Waals surface area contributed by atoms with Crippen molar-refractivity contribution < 1.29 is 19.4 Å². The Morgan fingerprint density at radius 1 is 1.44 bits per heavy atom. The van der Waals surface area contributed by atoms with Gasteiger partial charge in [-0.2, -0.15) is 0 Å². The molecule has 0 fully saturated rings. The van der Waals surface area contributed by atoms with E-state index in [2.05, 4.69) is 11.4 Å². The summed E-state index contributed by atoms with van der Waals surface area (Å²) in [5, 5.41) is 15.7. The van der Waals surface area contributed by atoms with Crippen LogP contribution in [0.2, 0.25) is 0 Å². The van der Waals surface area contributed by atoms with Crippen molar-refractivity contribution in [3.8, 4) is 5.75 Å². The number of anilines is 1. The smallest absolute Gasteiger partial charge is 0.282 e. The van der Waals surface area contributed by atoms with Crippen LogP contribution in [0.4, 0.5) is 11.4 Å². The fourth-order valence-electron chi connectivity index (χ4n) is 2.54. The van der Waals surface area contributed by atoms with E-state index in [0.717, 1.165) is 18.0 Å². The predicted molar refractivity (Wildman–Crippen MR) is 97.3 cm³/mol. The molecular formula is C17H22N3O4S+. The molecule has 0 aliphatic heterocycles. The first-order valence-electron chi connectivity index (χ1n) is 7.96. The third kappa shape index (κ3) is 4.77. The van der Waals surface area contributed by atoms with Gasteiger partial charge in [0.25, 0.3) is 11.6 Å². The number of rotatable bonds is 8. The van der Waals surface area contributed by atoms with Gasteiger partial charge in [-0.1, -0.05) is 6.07 Å². The van der Waals surface area contributed by atoms with Gasteiger partial charge in [0.05, 0.1) is 35.2 Å². The number of benzene rings is 1. The van der Waals surface area contributed by atoms with Gasteiger partial charge in [0.15, 0.2) is 6.04 Å². The standard InChI is InChI=1S/C17H21N3O4S/c1-4-19(11-14-6-5-9-25-14)12(2)17(21)18-15-8-7-13(20(22)23)10-16(15)24-3/h5-10,12H,4,11H2,1-3H3,(H,18,21)/p+1/t12-/m1/s1. The molecule has 25 heavy (non-hydrogen) atoms. The van der Waals surface area contributed by atoms with Crippen molar-refractivity contribution >= 4 is 28.6 Å². The van der Waals surface area contributed by atoms with E-state index in [4.69, 9.17) is 4.74 Å². The van der Waals surface area contributed by atoms with Gasteiger partial charge in [-0.25, -0.2) is 0 Å². The molecule has 2 aromatic rings. The molecule has 7 nitrogen and oxygen atoms in total. The number of hydrogen-bond acceptors (Lipinski definition) is 5. The number of carbonyl (C=O) groups is 1. The number of quaternary nitrogens is 1. The van der Waals surface area contributed by atoms with Gasteiger partial charge in [0.2, 0.25) is 0 Å². The molecule has 0 spiro atoms. The van der Waals surface area contributed by atoms with Crippen LogP contribution >= 0.6 is 11.3 Å². The number of hydrogen-bond donors (Lipinski definition) is 2. The lowest BCUT2D eigenvalue weighted by Crippen LogP contribution is -3.15. The van der Waals surface area contributed by atoms with Gasteiger partial charge in [0, 0.05) is 6.07 Å². The van der Waals surface area contributed by atoms with Gasteiger partial charge < -0.3 is 15.0 Å². The summed E-state index contributed by atoms with van der Waals surface area (Å²) in [5.41, 5.74) is 0.345. The van der Waals surface area contributed by atoms with Crippen LogP contribution in [0.1, 0.15) is 18.7 Å². The van der Waals surface area contributed by atoms with E-state index in [9.17, 15) is 14.9 Å². The number of nitro groups is 1. The largest absolute Gasteiger partial charge is 0.494 e. The Bertz CT molecular complexity index is 733. The first-order chi connectivity index (χ1) is 12.0. The Kier molecular flexibility index (Phi) is 6.49. The van der Waals surface area contributed by atoms with E-state index in [1.807, 2.05) is 25.3 Å². The number of likely N-dealkylation sites (N-methyl/N-ethyl adjacent to an activating group) is 1. The van der Waals surface area contributed by atoms with Crippen LogP contribution in [0.15, 0.2) is 35.7 Å². The highest BCUT2D eigenvalue weighted by atomic mass is 32.1. The van der Waals surface area contributed by atoms with Gasteiger partial charge in [-0.05, 0) is 31.4 Å². The number of nitro benzene ring substituents is 1. The molecule has 0 radical (unpaired) electrons. The third-order valence-electron chi connectivity index (χ3n) is 4.09. The van der Waals surface area contributed by atoms with E-state index in [-0.39, 0.29) is 23.4 Å². The molecule has 2 atom stereocenters. The Hall–Kier alpha value is -2.45. The van der Waals surface area contributed by atoms with Gasteiger partial charge in [-0.15, -0.1) is 11.3 Å². The number of ether oxygens (including phenoxy) is 1. The normalized spacial score (nSPS) is 13.1. The average molecular weight is 364 g/mol. The van der Waals surface area contributed by atoms with Crippen LogP contribution in [-0.4, -0.2) is 30.5 Å². The molecule has 1 aromatic heterocycles. The van der Waals surface area contributed by atoms with Crippen LogP contribution in [0.5, 0.6) is 5.75 Å². The summed E-state index contributed by atoms with van der Waals surface area (Å²) in [4.78, 5) is 25.3. The highest BCUT2D eigenvalue weighted by molar-refractivity contribution is 7.09. The SMILES string of the molecule is CC[NH+](Cc1cccs1)[C@H](C)C(=O)Nc1ccc([N+](=O)[O-])cc1OC. The first-order valence-corrected chi connectivity index (χ1v) is 8.84. The zero-order valence-electron chi connectivity index (χ0n) is 14.4. The molecule has 2 N–H and O–H groups in total. The quantitative estimate of drug-likeness (QED) is 0.555. The van der Waals surface area contributed by atoms with E-state index in [1.165, 1.54) is 30.2 Å². The minimum atomic E-state index is -0.499. The zero-order chi connectivity index (χ0) is 18.4. The van der Waals surface area contributed by atoms with E-state index >= 15 is 0 Å². The summed E-state index contributed by atoms with van der Waals surface area (Å²) < 4.78 is 5.16. The van der Waals surface area contributed by atoms with Crippen LogP contribution in [0, 0.1) is 10.1 Å². The lowest BCUT2D eigenvalue weighted by Gasteiger charge is -2.23. The van der Waals surface area contributed by atoms with Crippen molar-refractivity contribution in [3.05, 3.63) is 50.7 Å². The van der Waals surface area contributed by atoms with Gasteiger partial charge >= 0.3 is 0 Å². The Morgan fingerprint density at radius 3 is 2.76 bits per heavy atom. The number of methoxy groups -OCH3 is 1. The summed E-state index contributed by atoms with van der Waals surface area (Å²) in [7, 11) is 1.42. The second kappa shape index (κ2) is 8.59. The maximum atomic E-state index is 12.6. The topological polar surface area (TPSA) is 85.9 Å². The van der Waals surface area contributed by atoms with Gasteiger partial charge in [0.1, 0.15) is 12.3 Å². The van der Waals surface area contributed by atoms with E-state index in [1.54, 1.807) is 11.3 Å². The lowest BCUT2D eigenvalue weighted by atomic mass is 10.2.